The highest BCUT2D eigenvalue weighted by atomic mass is 16.6. The highest BCUT2D eigenvalue weighted by Crippen LogP contribution is 2.34. The first kappa shape index (κ1) is 12.0. The molecule has 0 amide bonds. The number of hydrogen-bond acceptors (Lipinski definition) is 4. The molecule has 19 heavy (non-hydrogen) atoms. The van der Waals surface area contributed by atoms with Gasteiger partial charge in [-0.3, -0.25) is 0 Å². The number of nitrogens with zero attached hydrogens (tertiary/aromatic N) is 2. The van der Waals surface area contributed by atoms with Gasteiger partial charge in [-0.1, -0.05) is 0 Å². The molecular formula is C14H16N2O3. The van der Waals surface area contributed by atoms with Gasteiger partial charge in [-0.15, -0.1) is 0 Å². The standard InChI is InChI=1S/C14H16N2O3/c1-16-11(4-5-17)9-15-14(16)10-2-3-12-13(8-10)19-7-6-18-12/h2-3,8-9,17H,4-7H2,1H3. The summed E-state index contributed by atoms with van der Waals surface area (Å²) < 4.78 is 13.1. The second-order valence-electron chi connectivity index (χ2n) is 4.46. The molecule has 1 aliphatic heterocycles. The number of imidazole rings is 1. The minimum atomic E-state index is 0.125. The first-order chi connectivity index (χ1) is 9.29. The summed E-state index contributed by atoms with van der Waals surface area (Å²) in [7, 11) is 1.95. The average Bonchev–Trinajstić information content (AvgIpc) is 2.80. The fraction of sp³-hybridized carbons (Fsp3) is 0.357. The van der Waals surface area contributed by atoms with Crippen LogP contribution in [0.25, 0.3) is 11.4 Å². The van der Waals surface area contributed by atoms with Crippen LogP contribution in [0.4, 0.5) is 0 Å². The number of benzene rings is 1. The van der Waals surface area contributed by atoms with Crippen molar-refractivity contribution in [3.05, 3.63) is 30.1 Å². The molecule has 0 saturated heterocycles. The molecule has 0 aliphatic carbocycles. The predicted octanol–water partition coefficient (Wildman–Crippen LogP) is 1.39. The van der Waals surface area contributed by atoms with E-state index in [0.29, 0.717) is 19.6 Å². The molecule has 0 bridgehead atoms. The summed E-state index contributed by atoms with van der Waals surface area (Å²) in [6, 6.07) is 5.82. The molecule has 0 fully saturated rings. The van der Waals surface area contributed by atoms with Crippen molar-refractivity contribution in [3.8, 4) is 22.9 Å². The van der Waals surface area contributed by atoms with E-state index in [-0.39, 0.29) is 6.61 Å². The summed E-state index contributed by atoms with van der Waals surface area (Å²) in [6.45, 7) is 1.29. The summed E-state index contributed by atoms with van der Waals surface area (Å²) in [4.78, 5) is 4.41. The average molecular weight is 260 g/mol. The zero-order chi connectivity index (χ0) is 13.2. The van der Waals surface area contributed by atoms with E-state index in [1.54, 1.807) is 6.20 Å². The van der Waals surface area contributed by atoms with Gasteiger partial charge in [0.1, 0.15) is 19.0 Å². The molecule has 2 aromatic rings. The third-order valence-corrected chi connectivity index (χ3v) is 3.25. The van der Waals surface area contributed by atoms with Crippen molar-refractivity contribution in [1.82, 2.24) is 9.55 Å². The van der Waals surface area contributed by atoms with Crippen LogP contribution in [0.5, 0.6) is 11.5 Å². The molecule has 0 spiro atoms. The van der Waals surface area contributed by atoms with Gasteiger partial charge in [0.15, 0.2) is 11.5 Å². The lowest BCUT2D eigenvalue weighted by molar-refractivity contribution is 0.171. The molecule has 1 N–H and O–H groups in total. The molecule has 5 heteroatoms. The quantitative estimate of drug-likeness (QED) is 0.906. The lowest BCUT2D eigenvalue weighted by Gasteiger charge is -2.18. The zero-order valence-electron chi connectivity index (χ0n) is 10.8. The van der Waals surface area contributed by atoms with Crippen molar-refractivity contribution in [1.29, 1.82) is 0 Å². The lowest BCUT2D eigenvalue weighted by Crippen LogP contribution is -2.15. The van der Waals surface area contributed by atoms with Crippen LogP contribution in [-0.2, 0) is 13.5 Å². The number of rotatable bonds is 3. The Labute approximate surface area is 111 Å². The number of aromatic nitrogens is 2. The van der Waals surface area contributed by atoms with E-state index in [9.17, 15) is 0 Å². The van der Waals surface area contributed by atoms with Crippen LogP contribution in [0.15, 0.2) is 24.4 Å². The van der Waals surface area contributed by atoms with E-state index < -0.39 is 0 Å². The third-order valence-electron chi connectivity index (χ3n) is 3.25. The van der Waals surface area contributed by atoms with Gasteiger partial charge in [0, 0.05) is 37.5 Å². The van der Waals surface area contributed by atoms with E-state index in [1.165, 1.54) is 0 Å². The van der Waals surface area contributed by atoms with Crippen LogP contribution in [0.1, 0.15) is 5.69 Å². The molecule has 3 rings (SSSR count). The summed E-state index contributed by atoms with van der Waals surface area (Å²) in [5.41, 5.74) is 1.99. The van der Waals surface area contributed by atoms with Gasteiger partial charge in [-0.25, -0.2) is 4.98 Å². The van der Waals surface area contributed by atoms with Crippen LogP contribution in [0.3, 0.4) is 0 Å². The molecule has 0 atom stereocenters. The second-order valence-corrected chi connectivity index (χ2v) is 4.46. The molecule has 0 saturated carbocycles. The Morgan fingerprint density at radius 3 is 2.84 bits per heavy atom. The first-order valence-electron chi connectivity index (χ1n) is 6.31. The minimum absolute atomic E-state index is 0.125. The Bertz CT molecular complexity index is 592. The van der Waals surface area contributed by atoms with Crippen LogP contribution >= 0.6 is 0 Å². The van der Waals surface area contributed by atoms with E-state index in [4.69, 9.17) is 14.6 Å². The molecule has 5 nitrogen and oxygen atoms in total. The van der Waals surface area contributed by atoms with Crippen LogP contribution in [-0.4, -0.2) is 34.5 Å². The SMILES string of the molecule is Cn1c(CCO)cnc1-c1ccc2c(c1)OCCO2. The number of hydrogen-bond donors (Lipinski definition) is 1. The Balaban J connectivity index is 1.98. The van der Waals surface area contributed by atoms with E-state index in [2.05, 4.69) is 4.98 Å². The van der Waals surface area contributed by atoms with Crippen molar-refractivity contribution in [2.45, 2.75) is 6.42 Å². The number of fused-ring (bicyclic) bond motifs is 1. The Hall–Kier alpha value is -2.01. The maximum atomic E-state index is 9.00. The first-order valence-corrected chi connectivity index (χ1v) is 6.31. The fourth-order valence-electron chi connectivity index (χ4n) is 2.24. The normalized spacial score (nSPS) is 13.6. The fourth-order valence-corrected chi connectivity index (χ4v) is 2.24. The molecule has 100 valence electrons. The largest absolute Gasteiger partial charge is 0.486 e. The molecule has 1 aliphatic rings. The molecule has 1 aromatic carbocycles. The number of aliphatic hydroxyl groups is 1. The molecule has 0 radical (unpaired) electrons. The lowest BCUT2D eigenvalue weighted by atomic mass is 10.2. The number of aliphatic hydroxyl groups excluding tert-OH is 1. The molecule has 2 heterocycles. The topological polar surface area (TPSA) is 56.5 Å². The van der Waals surface area contributed by atoms with Gasteiger partial charge in [0.05, 0.1) is 0 Å². The Morgan fingerprint density at radius 2 is 2.05 bits per heavy atom. The second kappa shape index (κ2) is 4.93. The molecular weight excluding hydrogens is 244 g/mol. The Kier molecular flexibility index (Phi) is 3.13. The summed E-state index contributed by atoms with van der Waals surface area (Å²) in [5.74, 6) is 2.40. The maximum absolute atomic E-state index is 9.00. The van der Waals surface area contributed by atoms with Crippen molar-refractivity contribution in [2.75, 3.05) is 19.8 Å². The van der Waals surface area contributed by atoms with E-state index in [0.717, 1.165) is 28.6 Å². The van der Waals surface area contributed by atoms with Crippen LogP contribution < -0.4 is 9.47 Å². The predicted molar refractivity (Wildman–Crippen MR) is 70.4 cm³/mol. The van der Waals surface area contributed by atoms with Crippen molar-refractivity contribution >= 4 is 0 Å². The monoisotopic (exact) mass is 260 g/mol. The Morgan fingerprint density at radius 1 is 1.26 bits per heavy atom. The van der Waals surface area contributed by atoms with Gasteiger partial charge in [-0.2, -0.15) is 0 Å². The molecule has 0 unspecified atom stereocenters. The van der Waals surface area contributed by atoms with Crippen molar-refractivity contribution in [3.63, 3.8) is 0 Å². The summed E-state index contributed by atoms with van der Waals surface area (Å²) in [6.07, 6.45) is 2.40. The van der Waals surface area contributed by atoms with Gasteiger partial charge in [0.2, 0.25) is 0 Å². The van der Waals surface area contributed by atoms with Gasteiger partial charge in [0.25, 0.3) is 0 Å². The zero-order valence-corrected chi connectivity index (χ0v) is 10.8. The van der Waals surface area contributed by atoms with E-state index >= 15 is 0 Å². The van der Waals surface area contributed by atoms with Crippen LogP contribution in [0.2, 0.25) is 0 Å². The highest BCUT2D eigenvalue weighted by Gasteiger charge is 2.15. The van der Waals surface area contributed by atoms with Gasteiger partial charge in [-0.05, 0) is 18.2 Å². The van der Waals surface area contributed by atoms with Crippen molar-refractivity contribution in [2.24, 2.45) is 7.05 Å². The van der Waals surface area contributed by atoms with E-state index in [1.807, 2.05) is 29.8 Å². The van der Waals surface area contributed by atoms with Gasteiger partial charge >= 0.3 is 0 Å². The maximum Gasteiger partial charge on any atom is 0.162 e. The number of ether oxygens (including phenoxy) is 2. The minimum Gasteiger partial charge on any atom is -0.486 e. The van der Waals surface area contributed by atoms with Crippen LogP contribution in [0, 0.1) is 0 Å². The smallest absolute Gasteiger partial charge is 0.162 e. The third kappa shape index (κ3) is 2.17. The molecule has 1 aromatic heterocycles. The summed E-state index contributed by atoms with van der Waals surface area (Å²) in [5, 5.41) is 9.00. The highest BCUT2D eigenvalue weighted by molar-refractivity contribution is 5.62. The summed E-state index contributed by atoms with van der Waals surface area (Å²) >= 11 is 0. The van der Waals surface area contributed by atoms with Crippen molar-refractivity contribution < 1.29 is 14.6 Å². The van der Waals surface area contributed by atoms with Gasteiger partial charge < -0.3 is 19.1 Å².